The zero-order chi connectivity index (χ0) is 18.0. The molecule has 1 aromatic rings. The summed E-state index contributed by atoms with van der Waals surface area (Å²) >= 11 is 0. The van der Waals surface area contributed by atoms with Crippen LogP contribution in [0.3, 0.4) is 0 Å². The third-order valence-electron chi connectivity index (χ3n) is 4.78. The number of alkyl halides is 3. The van der Waals surface area contributed by atoms with Gasteiger partial charge < -0.3 is 15.1 Å². The number of benzene rings is 1. The SMILES string of the molecule is O=C(Cc1ccc(C(F)(F)F)cc1)N1CCC(N2CCNC2=O)CC1. The van der Waals surface area contributed by atoms with Gasteiger partial charge in [0.05, 0.1) is 12.0 Å². The van der Waals surface area contributed by atoms with E-state index in [0.717, 1.165) is 25.0 Å². The Bertz CT molecular complexity index is 638. The van der Waals surface area contributed by atoms with Crippen molar-refractivity contribution in [3.8, 4) is 0 Å². The molecule has 8 heteroatoms. The average molecular weight is 355 g/mol. The van der Waals surface area contributed by atoms with Crippen molar-refractivity contribution in [2.24, 2.45) is 0 Å². The van der Waals surface area contributed by atoms with Gasteiger partial charge in [0.1, 0.15) is 0 Å². The van der Waals surface area contributed by atoms with Gasteiger partial charge in [0.25, 0.3) is 0 Å². The smallest absolute Gasteiger partial charge is 0.342 e. The first-order valence-corrected chi connectivity index (χ1v) is 8.33. The number of carbonyl (C=O) groups excluding carboxylic acids is 2. The van der Waals surface area contributed by atoms with Crippen LogP contribution in [0.5, 0.6) is 0 Å². The summed E-state index contributed by atoms with van der Waals surface area (Å²) < 4.78 is 37.7. The molecule has 25 heavy (non-hydrogen) atoms. The minimum atomic E-state index is -4.37. The molecule has 3 rings (SSSR count). The lowest BCUT2D eigenvalue weighted by molar-refractivity contribution is -0.137. The van der Waals surface area contributed by atoms with Gasteiger partial charge in [0.2, 0.25) is 5.91 Å². The molecule has 2 heterocycles. The van der Waals surface area contributed by atoms with Crippen molar-refractivity contribution in [2.75, 3.05) is 26.2 Å². The second kappa shape index (κ2) is 6.93. The second-order valence-corrected chi connectivity index (χ2v) is 6.41. The zero-order valence-corrected chi connectivity index (χ0v) is 13.7. The molecule has 0 unspecified atom stereocenters. The lowest BCUT2D eigenvalue weighted by Gasteiger charge is -2.36. The van der Waals surface area contributed by atoms with Gasteiger partial charge in [-0.2, -0.15) is 13.2 Å². The molecule has 0 bridgehead atoms. The molecule has 136 valence electrons. The summed E-state index contributed by atoms with van der Waals surface area (Å²) in [5, 5.41) is 2.78. The van der Waals surface area contributed by atoms with Gasteiger partial charge in [-0.25, -0.2) is 4.79 Å². The highest BCUT2D eigenvalue weighted by Crippen LogP contribution is 2.29. The van der Waals surface area contributed by atoms with Crippen LogP contribution in [-0.2, 0) is 17.4 Å². The van der Waals surface area contributed by atoms with E-state index >= 15 is 0 Å². The third-order valence-corrected chi connectivity index (χ3v) is 4.78. The number of hydrogen-bond donors (Lipinski definition) is 1. The fourth-order valence-corrected chi connectivity index (χ4v) is 3.36. The van der Waals surface area contributed by atoms with E-state index in [0.29, 0.717) is 31.7 Å². The molecule has 0 aliphatic carbocycles. The maximum absolute atomic E-state index is 12.6. The Morgan fingerprint density at radius 1 is 1.12 bits per heavy atom. The Hall–Kier alpha value is -2.25. The average Bonchev–Trinajstić information content (AvgIpc) is 3.01. The number of hydrogen-bond acceptors (Lipinski definition) is 2. The lowest BCUT2D eigenvalue weighted by atomic mass is 10.0. The number of piperidine rings is 1. The predicted octanol–water partition coefficient (Wildman–Crippen LogP) is 2.26. The van der Waals surface area contributed by atoms with Crippen LogP contribution in [0, 0.1) is 0 Å². The molecular weight excluding hydrogens is 335 g/mol. The van der Waals surface area contributed by atoms with Gasteiger partial charge in [-0.15, -0.1) is 0 Å². The number of carbonyl (C=O) groups is 2. The first-order chi connectivity index (χ1) is 11.8. The van der Waals surface area contributed by atoms with Crippen molar-refractivity contribution in [2.45, 2.75) is 31.5 Å². The molecule has 5 nitrogen and oxygen atoms in total. The van der Waals surface area contributed by atoms with E-state index < -0.39 is 11.7 Å². The molecule has 3 amide bonds. The molecule has 0 spiro atoms. The van der Waals surface area contributed by atoms with E-state index in [-0.39, 0.29) is 24.4 Å². The van der Waals surface area contributed by atoms with Crippen molar-refractivity contribution < 1.29 is 22.8 Å². The summed E-state index contributed by atoms with van der Waals surface area (Å²) in [5.41, 5.74) is -0.146. The van der Waals surface area contributed by atoms with Gasteiger partial charge in [-0.3, -0.25) is 4.79 Å². The normalized spacial score (nSPS) is 19.2. The molecule has 1 aromatic carbocycles. The summed E-state index contributed by atoms with van der Waals surface area (Å²) in [5.74, 6) is -0.0934. The van der Waals surface area contributed by atoms with Gasteiger partial charge in [0, 0.05) is 32.2 Å². The highest BCUT2D eigenvalue weighted by Gasteiger charge is 2.32. The second-order valence-electron chi connectivity index (χ2n) is 6.41. The number of rotatable bonds is 3. The monoisotopic (exact) mass is 355 g/mol. The van der Waals surface area contributed by atoms with Crippen molar-refractivity contribution in [1.82, 2.24) is 15.1 Å². The topological polar surface area (TPSA) is 52.7 Å². The van der Waals surface area contributed by atoms with Crippen molar-refractivity contribution in [3.63, 3.8) is 0 Å². The summed E-state index contributed by atoms with van der Waals surface area (Å²) in [4.78, 5) is 27.6. The summed E-state index contributed by atoms with van der Waals surface area (Å²) in [7, 11) is 0. The van der Waals surface area contributed by atoms with E-state index in [2.05, 4.69) is 5.32 Å². The molecule has 2 aliphatic rings. The molecule has 2 aliphatic heterocycles. The molecule has 0 aromatic heterocycles. The van der Waals surface area contributed by atoms with Crippen LogP contribution in [0.1, 0.15) is 24.0 Å². The van der Waals surface area contributed by atoms with Crippen LogP contribution >= 0.6 is 0 Å². The Morgan fingerprint density at radius 3 is 2.28 bits per heavy atom. The van der Waals surface area contributed by atoms with Gasteiger partial charge in [-0.1, -0.05) is 12.1 Å². The number of halogens is 3. The predicted molar refractivity (Wildman–Crippen MR) is 84.9 cm³/mol. The minimum absolute atomic E-state index is 0.0467. The largest absolute Gasteiger partial charge is 0.416 e. The Kier molecular flexibility index (Phi) is 4.87. The van der Waals surface area contributed by atoms with E-state index in [1.807, 2.05) is 4.90 Å². The molecule has 2 saturated heterocycles. The first kappa shape index (κ1) is 17.6. The molecule has 0 atom stereocenters. The third kappa shape index (κ3) is 4.05. The highest BCUT2D eigenvalue weighted by atomic mass is 19.4. The van der Waals surface area contributed by atoms with E-state index in [1.54, 1.807) is 4.90 Å². The Labute approximate surface area is 143 Å². The molecule has 0 saturated carbocycles. The van der Waals surface area contributed by atoms with Crippen LogP contribution < -0.4 is 5.32 Å². The number of nitrogens with one attached hydrogen (secondary N) is 1. The van der Waals surface area contributed by atoms with E-state index in [4.69, 9.17) is 0 Å². The molecule has 1 N–H and O–H groups in total. The number of likely N-dealkylation sites (tertiary alicyclic amines) is 1. The van der Waals surface area contributed by atoms with Crippen LogP contribution in [0.25, 0.3) is 0 Å². The molecular formula is C17H20F3N3O2. The fraction of sp³-hybridized carbons (Fsp3) is 0.529. The van der Waals surface area contributed by atoms with Crippen LogP contribution in [0.2, 0.25) is 0 Å². The quantitative estimate of drug-likeness (QED) is 0.904. The number of nitrogens with zero attached hydrogens (tertiary/aromatic N) is 2. The maximum atomic E-state index is 12.6. The van der Waals surface area contributed by atoms with Crippen LogP contribution in [-0.4, -0.2) is 54.0 Å². The van der Waals surface area contributed by atoms with Gasteiger partial charge in [-0.05, 0) is 30.5 Å². The van der Waals surface area contributed by atoms with Crippen molar-refractivity contribution in [1.29, 1.82) is 0 Å². The Morgan fingerprint density at radius 2 is 1.76 bits per heavy atom. The molecule has 2 fully saturated rings. The summed E-state index contributed by atoms with van der Waals surface area (Å²) in [6.07, 6.45) is -2.82. The number of amides is 3. The maximum Gasteiger partial charge on any atom is 0.416 e. The van der Waals surface area contributed by atoms with Gasteiger partial charge in [0.15, 0.2) is 0 Å². The minimum Gasteiger partial charge on any atom is -0.342 e. The summed E-state index contributed by atoms with van der Waals surface area (Å²) in [6.45, 7) is 2.48. The lowest BCUT2D eigenvalue weighted by Crippen LogP contribution is -2.48. The van der Waals surface area contributed by atoms with Crippen molar-refractivity contribution >= 4 is 11.9 Å². The van der Waals surface area contributed by atoms with Crippen molar-refractivity contribution in [3.05, 3.63) is 35.4 Å². The standard InChI is InChI=1S/C17H20F3N3O2/c18-17(19,20)13-3-1-12(2-4-13)11-15(24)22-8-5-14(6-9-22)23-10-7-21-16(23)25/h1-4,14H,5-11H2,(H,21,25). The van der Waals surface area contributed by atoms with Crippen LogP contribution in [0.15, 0.2) is 24.3 Å². The van der Waals surface area contributed by atoms with E-state index in [9.17, 15) is 22.8 Å². The summed E-state index contributed by atoms with van der Waals surface area (Å²) in [6, 6.07) is 4.80. The highest BCUT2D eigenvalue weighted by molar-refractivity contribution is 5.79. The molecule has 0 radical (unpaired) electrons. The number of urea groups is 1. The zero-order valence-electron chi connectivity index (χ0n) is 13.7. The van der Waals surface area contributed by atoms with E-state index in [1.165, 1.54) is 12.1 Å². The fourth-order valence-electron chi connectivity index (χ4n) is 3.36. The Balaban J connectivity index is 1.52. The van der Waals surface area contributed by atoms with Gasteiger partial charge >= 0.3 is 12.2 Å². The van der Waals surface area contributed by atoms with Crippen LogP contribution in [0.4, 0.5) is 18.0 Å². The first-order valence-electron chi connectivity index (χ1n) is 8.33.